The van der Waals surface area contributed by atoms with Gasteiger partial charge in [0.05, 0.1) is 0 Å². The Morgan fingerprint density at radius 1 is 0.977 bits per heavy atom. The molecule has 0 spiro atoms. The Kier molecular flexibility index (Phi) is 11.3. The standard InChI is InChI=1S/C39H53N3O2/c1-9-30-12-14-32(15-13-30)24-40-36(11-3)27-41(38(43)44-39(6,7)8)25-33-16-18-34(19-17-33)35-20-21-37(28(4)22-35)42-26-31(10-2)23-29(42)5/h12-22,31,36,40H,5,9-11,23-27H2,1-4,6-8H3. The van der Waals surface area contributed by atoms with Crippen LogP contribution in [0.3, 0.4) is 0 Å². The minimum Gasteiger partial charge on any atom is -0.444 e. The van der Waals surface area contributed by atoms with Crippen molar-refractivity contribution >= 4 is 11.8 Å². The Labute approximate surface area is 266 Å². The highest BCUT2D eigenvalue weighted by atomic mass is 16.6. The monoisotopic (exact) mass is 595 g/mol. The molecule has 0 aliphatic carbocycles. The minimum absolute atomic E-state index is 0.147. The Morgan fingerprint density at radius 2 is 1.61 bits per heavy atom. The van der Waals surface area contributed by atoms with Crippen LogP contribution in [0.1, 0.15) is 83.1 Å². The molecule has 2 unspecified atom stereocenters. The maximum Gasteiger partial charge on any atom is 0.410 e. The molecular weight excluding hydrogens is 542 g/mol. The van der Waals surface area contributed by atoms with E-state index in [9.17, 15) is 4.79 Å². The summed E-state index contributed by atoms with van der Waals surface area (Å²) in [5.41, 5.74) is 9.22. The summed E-state index contributed by atoms with van der Waals surface area (Å²) < 4.78 is 5.84. The van der Waals surface area contributed by atoms with Gasteiger partial charge < -0.3 is 19.9 Å². The maximum atomic E-state index is 13.4. The van der Waals surface area contributed by atoms with Gasteiger partial charge in [-0.25, -0.2) is 4.79 Å². The summed E-state index contributed by atoms with van der Waals surface area (Å²) in [4.78, 5) is 17.6. The number of amides is 1. The van der Waals surface area contributed by atoms with Crippen molar-refractivity contribution in [2.45, 2.75) is 98.9 Å². The van der Waals surface area contributed by atoms with Gasteiger partial charge >= 0.3 is 6.09 Å². The third-order valence-electron chi connectivity index (χ3n) is 8.68. The first-order valence-corrected chi connectivity index (χ1v) is 16.4. The van der Waals surface area contributed by atoms with Gasteiger partial charge in [-0.15, -0.1) is 0 Å². The topological polar surface area (TPSA) is 44.8 Å². The smallest absolute Gasteiger partial charge is 0.410 e. The third kappa shape index (κ3) is 8.98. The fourth-order valence-electron chi connectivity index (χ4n) is 5.89. The number of ether oxygens (including phenoxy) is 1. The minimum atomic E-state index is -0.557. The normalized spacial score (nSPS) is 15.8. The molecule has 0 saturated carbocycles. The fourth-order valence-corrected chi connectivity index (χ4v) is 5.89. The number of hydrogen-bond acceptors (Lipinski definition) is 4. The van der Waals surface area contributed by atoms with E-state index in [0.717, 1.165) is 37.9 Å². The summed E-state index contributed by atoms with van der Waals surface area (Å²) in [7, 11) is 0. The van der Waals surface area contributed by atoms with E-state index in [1.165, 1.54) is 45.6 Å². The molecular formula is C39H53N3O2. The number of nitrogens with one attached hydrogen (secondary N) is 1. The molecule has 1 aliphatic heterocycles. The van der Waals surface area contributed by atoms with Gasteiger partial charge in [-0.2, -0.15) is 0 Å². The van der Waals surface area contributed by atoms with Crippen molar-refractivity contribution in [3.05, 3.63) is 101 Å². The van der Waals surface area contributed by atoms with Crippen molar-refractivity contribution in [2.24, 2.45) is 5.92 Å². The molecule has 236 valence electrons. The van der Waals surface area contributed by atoms with Crippen LogP contribution in [0.5, 0.6) is 0 Å². The zero-order valence-corrected chi connectivity index (χ0v) is 28.1. The number of benzene rings is 3. The van der Waals surface area contributed by atoms with E-state index in [2.05, 4.69) is 111 Å². The third-order valence-corrected chi connectivity index (χ3v) is 8.68. The highest BCUT2D eigenvalue weighted by molar-refractivity contribution is 5.71. The van der Waals surface area contributed by atoms with Crippen LogP contribution in [-0.2, 0) is 24.2 Å². The molecule has 5 nitrogen and oxygen atoms in total. The van der Waals surface area contributed by atoms with Crippen LogP contribution in [0.2, 0.25) is 0 Å². The summed E-state index contributed by atoms with van der Waals surface area (Å²) in [5, 5.41) is 3.67. The second-order valence-electron chi connectivity index (χ2n) is 13.4. The molecule has 3 aromatic rings. The molecule has 1 aliphatic rings. The SMILES string of the molecule is C=C1CC(CC)CN1c1ccc(-c2ccc(CN(CC(CC)NCc3ccc(CC)cc3)C(=O)OC(C)(C)C)cc2)cc1C. The van der Waals surface area contributed by atoms with E-state index in [4.69, 9.17) is 4.74 Å². The van der Waals surface area contributed by atoms with Crippen molar-refractivity contribution in [1.82, 2.24) is 10.2 Å². The lowest BCUT2D eigenvalue weighted by atomic mass is 10.0. The van der Waals surface area contributed by atoms with Crippen LogP contribution in [0.4, 0.5) is 10.5 Å². The molecule has 3 aromatic carbocycles. The molecule has 1 saturated heterocycles. The predicted molar refractivity (Wildman–Crippen MR) is 185 cm³/mol. The first kappa shape index (κ1) is 33.3. The lowest BCUT2D eigenvalue weighted by molar-refractivity contribution is 0.0213. The number of rotatable bonds is 12. The molecule has 1 fully saturated rings. The van der Waals surface area contributed by atoms with E-state index < -0.39 is 5.60 Å². The quantitative estimate of drug-likeness (QED) is 0.227. The summed E-state index contributed by atoms with van der Waals surface area (Å²) in [5.74, 6) is 0.690. The van der Waals surface area contributed by atoms with Crippen molar-refractivity contribution < 1.29 is 9.53 Å². The van der Waals surface area contributed by atoms with Crippen LogP contribution >= 0.6 is 0 Å². The van der Waals surface area contributed by atoms with E-state index in [1.807, 2.05) is 25.7 Å². The van der Waals surface area contributed by atoms with Crippen LogP contribution in [0, 0.1) is 12.8 Å². The Bertz CT molecular complexity index is 1390. The molecule has 1 amide bonds. The summed E-state index contributed by atoms with van der Waals surface area (Å²) in [6.07, 6.45) is 3.94. The fraction of sp³-hybridized carbons (Fsp3) is 0.462. The summed E-state index contributed by atoms with van der Waals surface area (Å²) in [6.45, 7) is 21.8. The zero-order chi connectivity index (χ0) is 31.9. The number of aryl methyl sites for hydroxylation is 2. The molecule has 4 rings (SSSR count). The van der Waals surface area contributed by atoms with Gasteiger partial charge in [0.15, 0.2) is 0 Å². The van der Waals surface area contributed by atoms with E-state index in [1.54, 1.807) is 0 Å². The lowest BCUT2D eigenvalue weighted by Gasteiger charge is -2.30. The zero-order valence-electron chi connectivity index (χ0n) is 28.1. The first-order chi connectivity index (χ1) is 21.0. The van der Waals surface area contributed by atoms with Crippen LogP contribution in [-0.4, -0.2) is 35.7 Å². The van der Waals surface area contributed by atoms with E-state index >= 15 is 0 Å². The Morgan fingerprint density at radius 3 is 2.18 bits per heavy atom. The lowest BCUT2D eigenvalue weighted by Crippen LogP contribution is -2.44. The van der Waals surface area contributed by atoms with Gasteiger partial charge in [0.25, 0.3) is 0 Å². The molecule has 0 bridgehead atoms. The van der Waals surface area contributed by atoms with Gasteiger partial charge in [0, 0.05) is 43.6 Å². The average Bonchev–Trinajstić information content (AvgIpc) is 3.38. The molecule has 44 heavy (non-hydrogen) atoms. The summed E-state index contributed by atoms with van der Waals surface area (Å²) >= 11 is 0. The van der Waals surface area contributed by atoms with Gasteiger partial charge in [0.1, 0.15) is 5.60 Å². The van der Waals surface area contributed by atoms with Crippen molar-refractivity contribution in [1.29, 1.82) is 0 Å². The Hall–Kier alpha value is -3.57. The molecule has 0 aromatic heterocycles. The molecule has 5 heteroatoms. The average molecular weight is 596 g/mol. The van der Waals surface area contributed by atoms with Gasteiger partial charge in [-0.3, -0.25) is 0 Å². The van der Waals surface area contributed by atoms with Crippen molar-refractivity contribution in [3.8, 4) is 11.1 Å². The van der Waals surface area contributed by atoms with Crippen LogP contribution < -0.4 is 10.2 Å². The maximum absolute atomic E-state index is 13.4. The van der Waals surface area contributed by atoms with Crippen molar-refractivity contribution in [2.75, 3.05) is 18.0 Å². The number of anilines is 1. The van der Waals surface area contributed by atoms with Crippen molar-refractivity contribution in [3.63, 3.8) is 0 Å². The van der Waals surface area contributed by atoms with Gasteiger partial charge in [-0.05, 0) is 98.4 Å². The Balaban J connectivity index is 1.45. The molecule has 2 atom stereocenters. The molecule has 1 heterocycles. The number of carbonyl (C=O) groups is 1. The number of hydrogen-bond donors (Lipinski definition) is 1. The largest absolute Gasteiger partial charge is 0.444 e. The molecule has 1 N–H and O–H groups in total. The van der Waals surface area contributed by atoms with E-state index in [0.29, 0.717) is 19.0 Å². The number of allylic oxidation sites excluding steroid dienone is 1. The van der Waals surface area contributed by atoms with Crippen LogP contribution in [0.15, 0.2) is 79.0 Å². The number of carbonyl (C=O) groups excluding carboxylic acids is 1. The van der Waals surface area contributed by atoms with Gasteiger partial charge in [0.2, 0.25) is 0 Å². The van der Waals surface area contributed by atoms with E-state index in [-0.39, 0.29) is 12.1 Å². The highest BCUT2D eigenvalue weighted by Crippen LogP contribution is 2.36. The molecule has 0 radical (unpaired) electrons. The number of nitrogens with zero attached hydrogens (tertiary/aromatic N) is 2. The first-order valence-electron chi connectivity index (χ1n) is 16.4. The second-order valence-corrected chi connectivity index (χ2v) is 13.4. The second kappa shape index (κ2) is 14.9. The summed E-state index contributed by atoms with van der Waals surface area (Å²) in [6, 6.07) is 24.2. The highest BCUT2D eigenvalue weighted by Gasteiger charge is 2.26. The predicted octanol–water partition coefficient (Wildman–Crippen LogP) is 9.28. The van der Waals surface area contributed by atoms with Crippen LogP contribution in [0.25, 0.3) is 11.1 Å². The van der Waals surface area contributed by atoms with Gasteiger partial charge in [-0.1, -0.05) is 88.4 Å².